The number of aromatic nitrogens is 2. The highest BCUT2D eigenvalue weighted by atomic mass is 15.4. The Kier molecular flexibility index (Phi) is 4.88. The quantitative estimate of drug-likeness (QED) is 0.896. The third kappa shape index (κ3) is 3.64. The van der Waals surface area contributed by atoms with Gasteiger partial charge < -0.3 is 4.57 Å². The largest absolute Gasteiger partial charge is 0.337 e. The zero-order valence-electron chi connectivity index (χ0n) is 15.3. The Morgan fingerprint density at radius 2 is 2.08 bits per heavy atom. The summed E-state index contributed by atoms with van der Waals surface area (Å²) in [6.45, 7) is 6.53. The summed E-state index contributed by atoms with van der Waals surface area (Å²) in [5.74, 6) is 1.24. The monoisotopic (exact) mass is 339 g/mol. The summed E-state index contributed by atoms with van der Waals surface area (Å²) >= 11 is 0. The number of rotatable bonds is 4. The van der Waals surface area contributed by atoms with E-state index in [-0.39, 0.29) is 0 Å². The fourth-order valence-electron chi connectivity index (χ4n) is 4.39. The Balaban J connectivity index is 1.44. The molecule has 2 aliphatic heterocycles. The van der Waals surface area contributed by atoms with Crippen LogP contribution in [0.2, 0.25) is 0 Å². The molecule has 4 rings (SSSR count). The Morgan fingerprint density at radius 3 is 2.84 bits per heavy atom. The molecule has 1 aromatic carbocycles. The molecule has 2 N–H and O–H groups in total. The Bertz CT molecular complexity index is 692. The lowest BCUT2D eigenvalue weighted by Gasteiger charge is -2.37. The second-order valence-corrected chi connectivity index (χ2v) is 7.70. The Labute approximate surface area is 150 Å². The molecule has 25 heavy (non-hydrogen) atoms. The van der Waals surface area contributed by atoms with E-state index in [9.17, 15) is 0 Å². The number of hydrazine groups is 1. The summed E-state index contributed by atoms with van der Waals surface area (Å²) in [4.78, 5) is 6.85. The van der Waals surface area contributed by atoms with Crippen molar-refractivity contribution < 1.29 is 0 Å². The molecule has 0 bridgehead atoms. The second kappa shape index (κ2) is 7.28. The van der Waals surface area contributed by atoms with Crippen LogP contribution in [0.1, 0.15) is 35.6 Å². The van der Waals surface area contributed by atoms with Gasteiger partial charge >= 0.3 is 0 Å². The van der Waals surface area contributed by atoms with Crippen LogP contribution in [0.4, 0.5) is 0 Å². The van der Waals surface area contributed by atoms with Crippen LogP contribution in [-0.4, -0.2) is 40.1 Å². The highest BCUT2D eigenvalue weighted by molar-refractivity contribution is 5.27. The molecule has 2 fully saturated rings. The number of hydrogen-bond donors (Lipinski definition) is 2. The van der Waals surface area contributed by atoms with Crippen molar-refractivity contribution in [2.75, 3.05) is 19.6 Å². The molecule has 5 nitrogen and oxygen atoms in total. The molecule has 1 aromatic heterocycles. The van der Waals surface area contributed by atoms with Gasteiger partial charge in [-0.1, -0.05) is 29.8 Å². The van der Waals surface area contributed by atoms with Crippen molar-refractivity contribution in [1.29, 1.82) is 0 Å². The van der Waals surface area contributed by atoms with Crippen LogP contribution >= 0.6 is 0 Å². The molecule has 3 atom stereocenters. The van der Waals surface area contributed by atoms with Gasteiger partial charge in [0, 0.05) is 44.8 Å². The van der Waals surface area contributed by atoms with Gasteiger partial charge in [0.15, 0.2) is 0 Å². The Hall–Kier alpha value is -1.69. The summed E-state index contributed by atoms with van der Waals surface area (Å²) in [7, 11) is 2.08. The maximum absolute atomic E-state index is 4.26. The molecule has 0 spiro atoms. The van der Waals surface area contributed by atoms with Gasteiger partial charge in [0.2, 0.25) is 0 Å². The molecular formula is C20H29N5. The number of hydrogen-bond acceptors (Lipinski definition) is 4. The summed E-state index contributed by atoms with van der Waals surface area (Å²) < 4.78 is 2.13. The van der Waals surface area contributed by atoms with Crippen molar-refractivity contribution in [3.8, 4) is 0 Å². The van der Waals surface area contributed by atoms with E-state index in [1.807, 2.05) is 12.5 Å². The smallest absolute Gasteiger partial charge is 0.0945 e. The number of piperidine rings is 1. The van der Waals surface area contributed by atoms with Crippen LogP contribution in [0, 0.1) is 12.8 Å². The third-order valence-corrected chi connectivity index (χ3v) is 5.88. The normalized spacial score (nSPS) is 27.7. The van der Waals surface area contributed by atoms with Gasteiger partial charge in [-0.2, -0.15) is 0 Å². The van der Waals surface area contributed by atoms with Crippen molar-refractivity contribution >= 4 is 0 Å². The van der Waals surface area contributed by atoms with Crippen LogP contribution in [0.15, 0.2) is 36.8 Å². The fourth-order valence-corrected chi connectivity index (χ4v) is 4.39. The van der Waals surface area contributed by atoms with Crippen LogP contribution in [0.3, 0.4) is 0 Å². The minimum absolute atomic E-state index is 0.511. The molecule has 0 saturated carbocycles. The number of nitrogens with zero attached hydrogens (tertiary/aromatic N) is 3. The molecule has 3 heterocycles. The zero-order chi connectivity index (χ0) is 17.2. The van der Waals surface area contributed by atoms with E-state index in [1.54, 1.807) is 0 Å². The van der Waals surface area contributed by atoms with Gasteiger partial charge in [0.1, 0.15) is 0 Å². The predicted molar refractivity (Wildman–Crippen MR) is 100 cm³/mol. The molecule has 3 unspecified atom stereocenters. The molecule has 0 aliphatic carbocycles. The number of nitrogens with one attached hydrogen (secondary N) is 2. The summed E-state index contributed by atoms with van der Waals surface area (Å²) in [5, 5.41) is 0. The first-order valence-electron chi connectivity index (χ1n) is 9.43. The molecule has 5 heteroatoms. The van der Waals surface area contributed by atoms with Gasteiger partial charge in [-0.25, -0.2) is 4.98 Å². The van der Waals surface area contributed by atoms with Gasteiger partial charge in [0.25, 0.3) is 0 Å². The lowest BCUT2D eigenvalue weighted by Crippen LogP contribution is -2.46. The summed E-state index contributed by atoms with van der Waals surface area (Å²) in [6.07, 6.45) is 6.48. The second-order valence-electron chi connectivity index (χ2n) is 7.70. The van der Waals surface area contributed by atoms with Crippen molar-refractivity contribution in [2.45, 2.75) is 38.3 Å². The van der Waals surface area contributed by atoms with E-state index in [4.69, 9.17) is 0 Å². The number of benzene rings is 1. The lowest BCUT2D eigenvalue weighted by atomic mass is 9.81. The molecule has 2 aliphatic rings. The number of aryl methyl sites for hydroxylation is 2. The number of likely N-dealkylation sites (tertiary alicyclic amines) is 1. The van der Waals surface area contributed by atoms with Crippen LogP contribution in [0.25, 0.3) is 0 Å². The van der Waals surface area contributed by atoms with Gasteiger partial charge in [-0.05, 0) is 37.8 Å². The fraction of sp³-hybridized carbons (Fsp3) is 0.550. The van der Waals surface area contributed by atoms with Crippen molar-refractivity contribution in [2.24, 2.45) is 13.0 Å². The molecule has 0 amide bonds. The first kappa shape index (κ1) is 16.8. The average Bonchev–Trinajstić information content (AvgIpc) is 3.26. The van der Waals surface area contributed by atoms with Gasteiger partial charge in [0.05, 0.1) is 12.0 Å². The summed E-state index contributed by atoms with van der Waals surface area (Å²) in [5.41, 5.74) is 11.1. The van der Waals surface area contributed by atoms with E-state index in [1.165, 1.54) is 36.2 Å². The molecule has 0 radical (unpaired) electrons. The topological polar surface area (TPSA) is 45.1 Å². The molecular weight excluding hydrogens is 310 g/mol. The first-order valence-corrected chi connectivity index (χ1v) is 9.43. The molecule has 134 valence electrons. The van der Waals surface area contributed by atoms with E-state index in [0.717, 1.165) is 19.6 Å². The van der Waals surface area contributed by atoms with Crippen molar-refractivity contribution in [3.05, 3.63) is 53.6 Å². The van der Waals surface area contributed by atoms with E-state index in [0.29, 0.717) is 17.9 Å². The van der Waals surface area contributed by atoms with E-state index < -0.39 is 0 Å². The van der Waals surface area contributed by atoms with Crippen LogP contribution in [-0.2, 0) is 13.6 Å². The predicted octanol–water partition coefficient (Wildman–Crippen LogP) is 2.20. The zero-order valence-corrected chi connectivity index (χ0v) is 15.3. The maximum Gasteiger partial charge on any atom is 0.0945 e. The highest BCUT2D eigenvalue weighted by Gasteiger charge is 2.36. The first-order chi connectivity index (χ1) is 12.2. The van der Waals surface area contributed by atoms with E-state index in [2.05, 4.69) is 63.5 Å². The van der Waals surface area contributed by atoms with Crippen molar-refractivity contribution in [1.82, 2.24) is 25.3 Å². The molecule has 2 aromatic rings. The average molecular weight is 339 g/mol. The van der Waals surface area contributed by atoms with E-state index >= 15 is 0 Å². The Morgan fingerprint density at radius 1 is 1.24 bits per heavy atom. The van der Waals surface area contributed by atoms with Crippen molar-refractivity contribution in [3.63, 3.8) is 0 Å². The highest BCUT2D eigenvalue weighted by Crippen LogP contribution is 2.32. The maximum atomic E-state index is 4.26. The standard InChI is InChI=1S/C20H29N5/c1-15-5-7-16(8-6-15)19-11-22-23-20(19)17-4-3-9-25(12-17)13-18-10-21-14-24(18)2/h5-8,10,14,17,19-20,22-23H,3-4,9,11-13H2,1-2H3. The van der Waals surface area contributed by atoms with Crippen LogP contribution < -0.4 is 10.9 Å². The minimum atomic E-state index is 0.511. The number of imidazole rings is 1. The third-order valence-electron chi connectivity index (χ3n) is 5.88. The van der Waals surface area contributed by atoms with Gasteiger partial charge in [-0.15, -0.1) is 0 Å². The lowest BCUT2D eigenvalue weighted by molar-refractivity contribution is 0.137. The van der Waals surface area contributed by atoms with Crippen LogP contribution in [0.5, 0.6) is 0 Å². The molecule has 2 saturated heterocycles. The summed E-state index contributed by atoms with van der Waals surface area (Å²) in [6, 6.07) is 9.59. The SMILES string of the molecule is Cc1ccc(C2CNNC2C2CCCN(Cc3cncn3C)C2)cc1. The van der Waals surface area contributed by atoms with Gasteiger partial charge in [-0.3, -0.25) is 15.8 Å². The minimum Gasteiger partial charge on any atom is -0.337 e.